The van der Waals surface area contributed by atoms with Crippen LogP contribution in [0.1, 0.15) is 10.8 Å². The summed E-state index contributed by atoms with van der Waals surface area (Å²) in [7, 11) is 0. The average Bonchev–Trinajstić information content (AvgIpc) is 3.19. The minimum atomic E-state index is -0.310. The highest BCUT2D eigenvalue weighted by Gasteiger charge is 2.07. The third-order valence-corrected chi connectivity index (χ3v) is 4.74. The Hall–Kier alpha value is -2.36. The summed E-state index contributed by atoms with van der Waals surface area (Å²) in [6, 6.07) is 11.0. The third-order valence-electron chi connectivity index (χ3n) is 2.81. The Morgan fingerprint density at radius 2 is 2.12 bits per heavy atom. The van der Waals surface area contributed by atoms with Crippen molar-refractivity contribution in [2.45, 2.75) is 16.4 Å². The van der Waals surface area contributed by atoms with Crippen LogP contribution in [0.15, 0.2) is 55.9 Å². The normalized spacial score (nSPS) is 11.1. The van der Waals surface area contributed by atoms with E-state index in [1.807, 2.05) is 30.3 Å². The van der Waals surface area contributed by atoms with Gasteiger partial charge in [-0.1, -0.05) is 34.7 Å². The standard InChI is InChI=1S/C15H12ClN5O2S2/c16-9-1-4-11(5-2-9)24-14-6-3-10(23-14)8-18-19-12(22)7-13-20-21-15(17)25-13/h1-6,8H,7H2,(H2,17,21)(H,19,22). The number of aromatic nitrogens is 2. The summed E-state index contributed by atoms with van der Waals surface area (Å²) in [6.07, 6.45) is 1.50. The number of nitrogens with one attached hydrogen (secondary N) is 1. The number of nitrogen functional groups attached to an aromatic ring is 1. The van der Waals surface area contributed by atoms with Crippen molar-refractivity contribution in [3.05, 3.63) is 52.2 Å². The molecule has 3 aromatic rings. The van der Waals surface area contributed by atoms with Crippen molar-refractivity contribution in [2.75, 3.05) is 5.73 Å². The van der Waals surface area contributed by atoms with Crippen LogP contribution in [0, 0.1) is 0 Å². The first-order chi connectivity index (χ1) is 12.1. The highest BCUT2D eigenvalue weighted by atomic mass is 35.5. The molecule has 0 bridgehead atoms. The lowest BCUT2D eigenvalue weighted by Gasteiger charge is -1.97. The maximum atomic E-state index is 11.7. The molecule has 10 heteroatoms. The van der Waals surface area contributed by atoms with Crippen molar-refractivity contribution in [1.82, 2.24) is 15.6 Å². The van der Waals surface area contributed by atoms with E-state index >= 15 is 0 Å². The minimum Gasteiger partial charge on any atom is -0.448 e. The van der Waals surface area contributed by atoms with Crippen LogP contribution in [0.25, 0.3) is 0 Å². The van der Waals surface area contributed by atoms with Gasteiger partial charge >= 0.3 is 0 Å². The van der Waals surface area contributed by atoms with E-state index in [0.29, 0.717) is 26.0 Å². The second-order valence-electron chi connectivity index (χ2n) is 4.72. The molecule has 2 aromatic heterocycles. The fourth-order valence-corrected chi connectivity index (χ4v) is 3.27. The SMILES string of the molecule is Nc1nnc(CC(=O)NN=Cc2ccc(Sc3ccc(Cl)cc3)o2)s1. The lowest BCUT2D eigenvalue weighted by molar-refractivity contribution is -0.120. The third kappa shape index (κ3) is 5.31. The van der Waals surface area contributed by atoms with E-state index in [0.717, 1.165) is 16.2 Å². The van der Waals surface area contributed by atoms with Crippen LogP contribution < -0.4 is 11.2 Å². The van der Waals surface area contributed by atoms with Crippen LogP contribution in [0.5, 0.6) is 0 Å². The van der Waals surface area contributed by atoms with Gasteiger partial charge in [-0.2, -0.15) is 5.10 Å². The Labute approximate surface area is 156 Å². The van der Waals surface area contributed by atoms with Gasteiger partial charge < -0.3 is 10.2 Å². The molecule has 0 radical (unpaired) electrons. The van der Waals surface area contributed by atoms with Gasteiger partial charge in [0.15, 0.2) is 5.09 Å². The molecule has 128 valence electrons. The van der Waals surface area contributed by atoms with Crippen molar-refractivity contribution in [1.29, 1.82) is 0 Å². The molecule has 0 aliphatic heterocycles. The molecule has 0 saturated carbocycles. The van der Waals surface area contributed by atoms with E-state index in [2.05, 4.69) is 20.7 Å². The number of nitrogens with zero attached hydrogens (tertiary/aromatic N) is 3. The predicted molar refractivity (Wildman–Crippen MR) is 98.0 cm³/mol. The summed E-state index contributed by atoms with van der Waals surface area (Å²) in [5.74, 6) is 0.214. The van der Waals surface area contributed by atoms with Gasteiger partial charge in [-0.3, -0.25) is 4.79 Å². The molecule has 3 N–H and O–H groups in total. The monoisotopic (exact) mass is 393 g/mol. The number of benzene rings is 1. The smallest absolute Gasteiger partial charge is 0.247 e. The highest BCUT2D eigenvalue weighted by Crippen LogP contribution is 2.29. The number of halogens is 1. The van der Waals surface area contributed by atoms with Gasteiger partial charge in [0, 0.05) is 9.92 Å². The van der Waals surface area contributed by atoms with Gasteiger partial charge in [0.2, 0.25) is 11.0 Å². The van der Waals surface area contributed by atoms with E-state index in [4.69, 9.17) is 21.8 Å². The van der Waals surface area contributed by atoms with Crippen LogP contribution in [0.3, 0.4) is 0 Å². The molecular weight excluding hydrogens is 382 g/mol. The van der Waals surface area contributed by atoms with Crippen LogP contribution in [-0.2, 0) is 11.2 Å². The van der Waals surface area contributed by atoms with Crippen molar-refractivity contribution in [3.63, 3.8) is 0 Å². The van der Waals surface area contributed by atoms with Gasteiger partial charge in [0.25, 0.3) is 0 Å². The number of nitrogens with two attached hydrogens (primary N) is 1. The van der Waals surface area contributed by atoms with Crippen LogP contribution in [0.2, 0.25) is 5.02 Å². The molecule has 0 saturated heterocycles. The number of amides is 1. The Morgan fingerprint density at radius 3 is 2.84 bits per heavy atom. The van der Waals surface area contributed by atoms with Gasteiger partial charge in [0.05, 0.1) is 12.6 Å². The Morgan fingerprint density at radius 1 is 1.32 bits per heavy atom. The molecule has 7 nitrogen and oxygen atoms in total. The number of carbonyl (C=O) groups excluding carboxylic acids is 1. The zero-order valence-electron chi connectivity index (χ0n) is 12.7. The van der Waals surface area contributed by atoms with Crippen LogP contribution in [0.4, 0.5) is 5.13 Å². The highest BCUT2D eigenvalue weighted by molar-refractivity contribution is 7.99. The van der Waals surface area contributed by atoms with Crippen molar-refractivity contribution in [3.8, 4) is 0 Å². The van der Waals surface area contributed by atoms with E-state index < -0.39 is 0 Å². The fourth-order valence-electron chi connectivity index (χ4n) is 1.76. The van der Waals surface area contributed by atoms with Gasteiger partial charge in [0.1, 0.15) is 10.8 Å². The zero-order valence-corrected chi connectivity index (χ0v) is 15.1. The van der Waals surface area contributed by atoms with E-state index in [9.17, 15) is 4.79 Å². The van der Waals surface area contributed by atoms with Gasteiger partial charge in [-0.25, -0.2) is 5.43 Å². The van der Waals surface area contributed by atoms with Gasteiger partial charge in [-0.15, -0.1) is 10.2 Å². The molecule has 0 aliphatic rings. The van der Waals surface area contributed by atoms with Crippen molar-refractivity contribution >= 4 is 52.0 Å². The second-order valence-corrected chi connectivity index (χ2v) is 7.32. The van der Waals surface area contributed by atoms with E-state index in [1.54, 1.807) is 6.07 Å². The summed E-state index contributed by atoms with van der Waals surface area (Å²) in [5, 5.41) is 13.5. The second kappa shape index (κ2) is 8.15. The van der Waals surface area contributed by atoms with Crippen molar-refractivity contribution in [2.24, 2.45) is 5.10 Å². The maximum Gasteiger partial charge on any atom is 0.247 e. The summed E-state index contributed by atoms with van der Waals surface area (Å²) in [6.45, 7) is 0. The predicted octanol–water partition coefficient (Wildman–Crippen LogP) is 3.21. The maximum absolute atomic E-state index is 11.7. The van der Waals surface area contributed by atoms with Crippen molar-refractivity contribution < 1.29 is 9.21 Å². The minimum absolute atomic E-state index is 0.0715. The molecule has 0 atom stereocenters. The number of furan rings is 1. The number of rotatable bonds is 6. The average molecular weight is 394 g/mol. The van der Waals surface area contributed by atoms with Gasteiger partial charge in [-0.05, 0) is 36.4 Å². The molecule has 25 heavy (non-hydrogen) atoms. The molecule has 0 spiro atoms. The first-order valence-corrected chi connectivity index (χ1v) is 9.02. The summed E-state index contributed by atoms with van der Waals surface area (Å²) in [5.41, 5.74) is 7.86. The molecule has 2 heterocycles. The zero-order chi connectivity index (χ0) is 17.6. The number of hydrogen-bond acceptors (Lipinski definition) is 8. The molecule has 1 amide bonds. The lowest BCUT2D eigenvalue weighted by atomic mass is 10.4. The molecule has 0 unspecified atom stereocenters. The molecule has 0 aliphatic carbocycles. The fraction of sp³-hybridized carbons (Fsp3) is 0.0667. The first kappa shape index (κ1) is 17.5. The number of hydrazone groups is 1. The summed E-state index contributed by atoms with van der Waals surface area (Å²) >= 11 is 8.48. The molecule has 0 fully saturated rings. The first-order valence-electron chi connectivity index (χ1n) is 7.01. The Bertz CT molecular complexity index is 891. The molecule has 3 rings (SSSR count). The largest absolute Gasteiger partial charge is 0.448 e. The number of hydrogen-bond donors (Lipinski definition) is 2. The number of carbonyl (C=O) groups is 1. The Kier molecular flexibility index (Phi) is 5.69. The van der Waals surface area contributed by atoms with E-state index in [1.165, 1.54) is 18.0 Å². The van der Waals surface area contributed by atoms with Crippen LogP contribution >= 0.6 is 34.7 Å². The Balaban J connectivity index is 1.51. The lowest BCUT2D eigenvalue weighted by Crippen LogP contribution is -2.19. The molecular formula is C15H12ClN5O2S2. The van der Waals surface area contributed by atoms with E-state index in [-0.39, 0.29) is 12.3 Å². The summed E-state index contributed by atoms with van der Waals surface area (Å²) in [4.78, 5) is 12.7. The topological polar surface area (TPSA) is 106 Å². The molecule has 1 aromatic carbocycles. The number of anilines is 1. The quantitative estimate of drug-likeness (QED) is 0.492. The van der Waals surface area contributed by atoms with Crippen LogP contribution in [-0.4, -0.2) is 22.3 Å². The summed E-state index contributed by atoms with van der Waals surface area (Å²) < 4.78 is 5.61.